The molecule has 0 aliphatic carbocycles. The maximum atomic E-state index is 12.5. The van der Waals surface area contributed by atoms with Gasteiger partial charge in [0.1, 0.15) is 6.07 Å². The summed E-state index contributed by atoms with van der Waals surface area (Å²) in [6.45, 7) is 0.627. The van der Waals surface area contributed by atoms with Gasteiger partial charge in [-0.3, -0.25) is 0 Å². The predicted molar refractivity (Wildman–Crippen MR) is 130 cm³/mol. The number of hydrogen-bond acceptors (Lipinski definition) is 7. The first-order valence-electron chi connectivity index (χ1n) is 9.87. The van der Waals surface area contributed by atoms with E-state index in [0.29, 0.717) is 10.5 Å². The number of aliphatic hydroxyl groups excluding tert-OH is 2. The lowest BCUT2D eigenvalue weighted by molar-refractivity contribution is 0.0989. The molecule has 3 aromatic rings. The zero-order valence-corrected chi connectivity index (χ0v) is 19.7. The van der Waals surface area contributed by atoms with Crippen LogP contribution in [0.3, 0.4) is 0 Å². The summed E-state index contributed by atoms with van der Waals surface area (Å²) in [5, 5.41) is 30.0. The van der Waals surface area contributed by atoms with Crippen molar-refractivity contribution in [2.45, 2.75) is 13.0 Å². The lowest BCUT2D eigenvalue weighted by Crippen LogP contribution is -2.34. The van der Waals surface area contributed by atoms with Crippen LogP contribution in [-0.2, 0) is 10.0 Å². The summed E-state index contributed by atoms with van der Waals surface area (Å²) >= 11 is 1.40. The minimum atomic E-state index is -4.12. The molecule has 1 aromatic heterocycles. The van der Waals surface area contributed by atoms with E-state index in [-0.39, 0.29) is 6.54 Å². The van der Waals surface area contributed by atoms with Gasteiger partial charge in [-0.2, -0.15) is 5.26 Å². The number of anilines is 1. The van der Waals surface area contributed by atoms with Gasteiger partial charge in [-0.15, -0.1) is 11.3 Å². The van der Waals surface area contributed by atoms with Crippen molar-refractivity contribution in [2.75, 3.05) is 32.1 Å². The molecule has 1 heterocycles. The van der Waals surface area contributed by atoms with Gasteiger partial charge >= 0.3 is 0 Å². The molecular weight excluding hydrogens is 446 g/mol. The Labute approximate surface area is 191 Å². The van der Waals surface area contributed by atoms with Gasteiger partial charge in [0.2, 0.25) is 0 Å². The molecule has 0 aliphatic rings. The molecule has 0 saturated heterocycles. The molecule has 0 amide bonds. The first-order valence-corrected chi connectivity index (χ1v) is 12.2. The topological polar surface area (TPSA) is 114 Å². The van der Waals surface area contributed by atoms with Crippen molar-refractivity contribution in [1.29, 1.82) is 5.26 Å². The first kappa shape index (κ1) is 23.9. The average Bonchev–Trinajstić information content (AvgIpc) is 3.27. The number of allylic oxidation sites excluding steroid dienone is 2. The molecule has 0 radical (unpaired) electrons. The van der Waals surface area contributed by atoms with E-state index >= 15 is 0 Å². The van der Waals surface area contributed by atoms with Crippen LogP contribution in [-0.4, -0.2) is 52.0 Å². The lowest BCUT2D eigenvalue weighted by atomic mass is 10.1. The first-order chi connectivity index (χ1) is 15.2. The molecule has 9 heteroatoms. The number of nitrogens with zero attached hydrogens (tertiary/aromatic N) is 2. The number of thiophene rings is 1. The standard InChI is InChI=1S/C23H25N3O4S2/c1-15(23(12-24)32(29,30)25-13-20(28)14-27)21-8-9-22(31-21)18-5-4-17-11-19(26(2)3)7-6-16(17)10-18/h4-11,20,25,27-28H,13-14H2,1-3H3/b23-15+. The van der Waals surface area contributed by atoms with E-state index in [1.165, 1.54) is 11.3 Å². The van der Waals surface area contributed by atoms with Gasteiger partial charge < -0.3 is 15.1 Å². The van der Waals surface area contributed by atoms with Crippen LogP contribution in [0.15, 0.2) is 53.4 Å². The Kier molecular flexibility index (Phi) is 7.33. The highest BCUT2D eigenvalue weighted by Gasteiger charge is 2.22. The second-order valence-corrected chi connectivity index (χ2v) is 10.3. The number of benzene rings is 2. The van der Waals surface area contributed by atoms with Crippen LogP contribution in [0, 0.1) is 11.3 Å². The van der Waals surface area contributed by atoms with E-state index < -0.39 is 27.6 Å². The van der Waals surface area contributed by atoms with Gasteiger partial charge in [-0.1, -0.05) is 18.2 Å². The minimum Gasteiger partial charge on any atom is -0.394 e. The monoisotopic (exact) mass is 471 g/mol. The fraction of sp³-hybridized carbons (Fsp3) is 0.261. The molecule has 0 aliphatic heterocycles. The molecule has 32 heavy (non-hydrogen) atoms. The third-order valence-corrected chi connectivity index (χ3v) is 7.77. The van der Waals surface area contributed by atoms with E-state index in [1.807, 2.05) is 31.1 Å². The highest BCUT2D eigenvalue weighted by molar-refractivity contribution is 7.93. The Hall–Kier alpha value is -2.74. The van der Waals surface area contributed by atoms with E-state index in [0.717, 1.165) is 26.9 Å². The molecule has 2 aromatic carbocycles. The van der Waals surface area contributed by atoms with E-state index in [4.69, 9.17) is 5.11 Å². The molecule has 1 atom stereocenters. The number of nitrogens with one attached hydrogen (secondary N) is 1. The largest absolute Gasteiger partial charge is 0.394 e. The molecule has 0 spiro atoms. The fourth-order valence-electron chi connectivity index (χ4n) is 3.16. The van der Waals surface area contributed by atoms with Crippen LogP contribution in [0.2, 0.25) is 0 Å². The summed E-state index contributed by atoms with van der Waals surface area (Å²) in [6.07, 6.45) is -1.24. The van der Waals surface area contributed by atoms with E-state index in [9.17, 15) is 18.8 Å². The van der Waals surface area contributed by atoms with Crippen LogP contribution >= 0.6 is 11.3 Å². The number of sulfonamides is 1. The van der Waals surface area contributed by atoms with Gasteiger partial charge in [0.25, 0.3) is 10.0 Å². The maximum absolute atomic E-state index is 12.5. The van der Waals surface area contributed by atoms with Crippen molar-refractivity contribution in [3.63, 3.8) is 0 Å². The van der Waals surface area contributed by atoms with Gasteiger partial charge in [0.05, 0.1) is 12.7 Å². The molecule has 168 valence electrons. The van der Waals surface area contributed by atoms with Crippen molar-refractivity contribution in [3.8, 4) is 16.5 Å². The van der Waals surface area contributed by atoms with Gasteiger partial charge in [-0.05, 0) is 59.2 Å². The van der Waals surface area contributed by atoms with Crippen molar-refractivity contribution in [1.82, 2.24) is 4.72 Å². The molecule has 3 rings (SSSR count). The zero-order valence-electron chi connectivity index (χ0n) is 18.0. The Morgan fingerprint density at radius 3 is 2.50 bits per heavy atom. The number of fused-ring (bicyclic) bond motifs is 1. The van der Waals surface area contributed by atoms with Gasteiger partial charge in [0, 0.05) is 36.1 Å². The summed E-state index contributed by atoms with van der Waals surface area (Å²) in [4.78, 5) is 3.25. The molecule has 0 bridgehead atoms. The summed E-state index contributed by atoms with van der Waals surface area (Å²) in [5.74, 6) is 0. The van der Waals surface area contributed by atoms with Crippen molar-refractivity contribution in [3.05, 3.63) is 58.3 Å². The molecule has 7 nitrogen and oxygen atoms in total. The summed E-state index contributed by atoms with van der Waals surface area (Å²) in [6, 6.07) is 17.9. The highest BCUT2D eigenvalue weighted by Crippen LogP contribution is 2.35. The number of hydrogen-bond donors (Lipinski definition) is 3. The quantitative estimate of drug-likeness (QED) is 0.435. The van der Waals surface area contributed by atoms with Crippen LogP contribution < -0.4 is 9.62 Å². The van der Waals surface area contributed by atoms with Crippen molar-refractivity contribution < 1.29 is 18.6 Å². The lowest BCUT2D eigenvalue weighted by Gasteiger charge is -2.13. The molecule has 0 fully saturated rings. The highest BCUT2D eigenvalue weighted by atomic mass is 32.2. The molecular formula is C23H25N3O4S2. The maximum Gasteiger partial charge on any atom is 0.251 e. The number of rotatable bonds is 8. The Bertz CT molecular complexity index is 1300. The summed E-state index contributed by atoms with van der Waals surface area (Å²) < 4.78 is 27.2. The van der Waals surface area contributed by atoms with E-state index in [2.05, 4.69) is 35.1 Å². The van der Waals surface area contributed by atoms with Crippen LogP contribution in [0.5, 0.6) is 0 Å². The molecule has 1 unspecified atom stereocenters. The second-order valence-electron chi connectivity index (χ2n) is 7.56. The van der Waals surface area contributed by atoms with Crippen LogP contribution in [0.25, 0.3) is 26.8 Å². The van der Waals surface area contributed by atoms with Crippen LogP contribution in [0.1, 0.15) is 11.8 Å². The third-order valence-electron chi connectivity index (χ3n) is 5.03. The SMILES string of the molecule is C/C(=C(/C#N)S(=O)(=O)NCC(O)CO)c1ccc(-c2ccc3cc(N(C)C)ccc3c2)s1. The Morgan fingerprint density at radius 1 is 1.16 bits per heavy atom. The predicted octanol–water partition coefficient (Wildman–Crippen LogP) is 3.16. The number of aliphatic hydroxyl groups is 2. The molecule has 0 saturated carbocycles. The Balaban J connectivity index is 1.92. The zero-order chi connectivity index (χ0) is 23.5. The van der Waals surface area contributed by atoms with Crippen molar-refractivity contribution in [2.24, 2.45) is 0 Å². The van der Waals surface area contributed by atoms with Crippen molar-refractivity contribution >= 4 is 43.4 Å². The fourth-order valence-corrected chi connectivity index (χ4v) is 5.42. The third kappa shape index (κ3) is 5.18. The summed E-state index contributed by atoms with van der Waals surface area (Å²) in [7, 11) is -0.123. The summed E-state index contributed by atoms with van der Waals surface area (Å²) in [5.41, 5.74) is 2.45. The average molecular weight is 472 g/mol. The second kappa shape index (κ2) is 9.81. The smallest absolute Gasteiger partial charge is 0.251 e. The van der Waals surface area contributed by atoms with Gasteiger partial charge in [-0.25, -0.2) is 13.1 Å². The van der Waals surface area contributed by atoms with Gasteiger partial charge in [0.15, 0.2) is 4.91 Å². The van der Waals surface area contributed by atoms with E-state index in [1.54, 1.807) is 19.1 Å². The normalized spacial score (nSPS) is 13.5. The molecule has 3 N–H and O–H groups in total. The minimum absolute atomic E-state index is 0.325. The van der Waals surface area contributed by atoms with Crippen LogP contribution in [0.4, 0.5) is 5.69 Å². The number of nitriles is 1. The Morgan fingerprint density at radius 2 is 1.84 bits per heavy atom.